The van der Waals surface area contributed by atoms with Gasteiger partial charge >= 0.3 is 0 Å². The van der Waals surface area contributed by atoms with E-state index in [4.69, 9.17) is 34.3 Å². The van der Waals surface area contributed by atoms with Gasteiger partial charge in [-0.05, 0) is 25.1 Å². The molecule has 1 aliphatic rings. The number of piperidine rings is 1. The number of amides is 1. The fourth-order valence-electron chi connectivity index (χ4n) is 2.49. The minimum absolute atomic E-state index is 0.128. The summed E-state index contributed by atoms with van der Waals surface area (Å²) in [7, 11) is 1.60. The number of aromatic nitrogens is 2. The largest absolute Gasteiger partial charge is 0.377 e. The monoisotopic (exact) mass is 345 g/mol. The first-order chi connectivity index (χ1) is 10.5. The van der Waals surface area contributed by atoms with E-state index in [0.717, 1.165) is 5.69 Å². The van der Waals surface area contributed by atoms with Gasteiger partial charge in [-0.3, -0.25) is 4.79 Å². The Bertz CT molecular complexity index is 565. The topological polar surface area (TPSA) is 96.3 Å². The second-order valence-electron chi connectivity index (χ2n) is 5.14. The summed E-state index contributed by atoms with van der Waals surface area (Å²) >= 11 is 10.9. The zero-order valence-corrected chi connectivity index (χ0v) is 14.1. The van der Waals surface area contributed by atoms with Crippen molar-refractivity contribution in [3.05, 3.63) is 16.7 Å². The van der Waals surface area contributed by atoms with Gasteiger partial charge in [-0.25, -0.2) is 4.98 Å². The predicted octanol–water partition coefficient (Wildman–Crippen LogP) is 0.688. The van der Waals surface area contributed by atoms with Crippen LogP contribution >= 0.6 is 23.8 Å². The minimum atomic E-state index is -0.294. The maximum Gasteiger partial charge on any atom is 0.287 e. The first-order valence-corrected chi connectivity index (χ1v) is 7.87. The summed E-state index contributed by atoms with van der Waals surface area (Å²) in [5.74, 6) is -0.0779. The molecule has 2 rings (SSSR count). The highest BCUT2D eigenvalue weighted by molar-refractivity contribution is 7.80. The Kier molecular flexibility index (Phi) is 5.60. The van der Waals surface area contributed by atoms with E-state index in [0.29, 0.717) is 36.2 Å². The van der Waals surface area contributed by atoms with Crippen LogP contribution in [0.1, 0.15) is 29.7 Å². The molecule has 0 saturated carbocycles. The highest BCUT2D eigenvalue weighted by atomic mass is 35.5. The number of nitrogens with two attached hydrogens (primary N) is 1. The number of aromatic amines is 1. The average molecular weight is 346 g/mol. The molecule has 1 amide bonds. The van der Waals surface area contributed by atoms with Crippen LogP contribution in [0.15, 0.2) is 0 Å². The smallest absolute Gasteiger partial charge is 0.287 e. The number of ether oxygens (including phenoxy) is 1. The first-order valence-electron chi connectivity index (χ1n) is 7.08. The van der Waals surface area contributed by atoms with Crippen LogP contribution in [0.25, 0.3) is 0 Å². The number of rotatable bonds is 4. The molecule has 0 aliphatic carbocycles. The third-order valence-corrected chi connectivity index (χ3v) is 4.36. The van der Waals surface area contributed by atoms with Crippen molar-refractivity contribution in [1.82, 2.24) is 20.2 Å². The Labute approximate surface area is 139 Å². The Morgan fingerprint density at radius 2 is 2.41 bits per heavy atom. The summed E-state index contributed by atoms with van der Waals surface area (Å²) in [6, 6.07) is -0.128. The lowest BCUT2D eigenvalue weighted by Crippen LogP contribution is -2.57. The van der Waals surface area contributed by atoms with Crippen molar-refractivity contribution in [3.63, 3.8) is 0 Å². The third-order valence-electron chi connectivity index (χ3n) is 3.79. The molecule has 1 fully saturated rings. The second-order valence-corrected chi connectivity index (χ2v) is 5.91. The van der Waals surface area contributed by atoms with Crippen molar-refractivity contribution < 1.29 is 9.53 Å². The summed E-state index contributed by atoms with van der Waals surface area (Å²) in [4.78, 5) is 21.1. The molecule has 1 saturated heterocycles. The quantitative estimate of drug-likeness (QED) is 0.695. The molecular weight excluding hydrogens is 326 g/mol. The number of methoxy groups -OCH3 is 1. The molecule has 4 N–H and O–H groups in total. The average Bonchev–Trinajstić information content (AvgIpc) is 2.88. The van der Waals surface area contributed by atoms with Crippen molar-refractivity contribution in [2.45, 2.75) is 31.9 Å². The number of carbonyl (C=O) groups is 1. The van der Waals surface area contributed by atoms with Crippen LogP contribution in [0.5, 0.6) is 0 Å². The third kappa shape index (κ3) is 3.68. The number of aryl methyl sites for hydroxylation is 1. The zero-order chi connectivity index (χ0) is 16.3. The molecule has 0 aromatic carbocycles. The molecular formula is C13H20ClN5O2S. The summed E-state index contributed by atoms with van der Waals surface area (Å²) in [5, 5.41) is 3.61. The summed E-state index contributed by atoms with van der Waals surface area (Å²) in [6.45, 7) is 3.17. The van der Waals surface area contributed by atoms with Crippen LogP contribution in [0.2, 0.25) is 5.15 Å². The molecule has 1 aliphatic heterocycles. The SMILES string of the molecule is CCc1[nH]c(C(=O)N[C@@H]2CCN(C(N)=S)C[C@@H]2OC)nc1Cl. The number of likely N-dealkylation sites (tertiary alicyclic amines) is 1. The zero-order valence-electron chi connectivity index (χ0n) is 12.6. The highest BCUT2D eigenvalue weighted by Crippen LogP contribution is 2.16. The second kappa shape index (κ2) is 7.26. The molecule has 0 radical (unpaired) electrons. The number of nitrogens with zero attached hydrogens (tertiary/aromatic N) is 2. The van der Waals surface area contributed by atoms with Gasteiger partial charge in [0.25, 0.3) is 5.91 Å². The van der Waals surface area contributed by atoms with E-state index in [1.54, 1.807) is 7.11 Å². The number of carbonyl (C=O) groups excluding carboxylic acids is 1. The van der Waals surface area contributed by atoms with Gasteiger partial charge in [0.15, 0.2) is 16.1 Å². The number of thiocarbonyl (C=S) groups is 1. The van der Waals surface area contributed by atoms with E-state index >= 15 is 0 Å². The van der Waals surface area contributed by atoms with Crippen molar-refractivity contribution >= 4 is 34.8 Å². The van der Waals surface area contributed by atoms with Crippen molar-refractivity contribution in [2.24, 2.45) is 5.73 Å². The van der Waals surface area contributed by atoms with Gasteiger partial charge in [-0.2, -0.15) is 0 Å². The normalized spacial score (nSPS) is 21.7. The maximum atomic E-state index is 12.3. The van der Waals surface area contributed by atoms with Crippen LogP contribution < -0.4 is 11.1 Å². The number of hydrogen-bond acceptors (Lipinski definition) is 4. The molecule has 1 aromatic heterocycles. The number of halogens is 1. The van der Waals surface area contributed by atoms with Gasteiger partial charge in [0.05, 0.1) is 17.8 Å². The molecule has 0 bridgehead atoms. The van der Waals surface area contributed by atoms with E-state index in [9.17, 15) is 4.79 Å². The molecule has 7 nitrogen and oxygen atoms in total. The van der Waals surface area contributed by atoms with Gasteiger partial charge in [0, 0.05) is 20.2 Å². The fraction of sp³-hybridized carbons (Fsp3) is 0.615. The van der Waals surface area contributed by atoms with Crippen LogP contribution in [-0.2, 0) is 11.2 Å². The van der Waals surface area contributed by atoms with E-state index in [2.05, 4.69) is 15.3 Å². The number of hydrogen-bond donors (Lipinski definition) is 3. The van der Waals surface area contributed by atoms with Crippen LogP contribution in [0, 0.1) is 0 Å². The van der Waals surface area contributed by atoms with Gasteiger partial charge in [0.1, 0.15) is 0 Å². The summed E-state index contributed by atoms with van der Waals surface area (Å²) in [6.07, 6.45) is 1.19. The van der Waals surface area contributed by atoms with E-state index < -0.39 is 0 Å². The van der Waals surface area contributed by atoms with Crippen LogP contribution in [-0.4, -0.2) is 58.2 Å². The molecule has 0 unspecified atom stereocenters. The molecule has 0 spiro atoms. The first kappa shape index (κ1) is 17.0. The van der Waals surface area contributed by atoms with Gasteiger partial charge in [-0.15, -0.1) is 0 Å². The summed E-state index contributed by atoms with van der Waals surface area (Å²) in [5.41, 5.74) is 6.39. The predicted molar refractivity (Wildman–Crippen MR) is 88.0 cm³/mol. The fourth-order valence-corrected chi connectivity index (χ4v) is 2.92. The molecule has 2 heterocycles. The van der Waals surface area contributed by atoms with Crippen molar-refractivity contribution in [3.8, 4) is 0 Å². The van der Waals surface area contributed by atoms with Gasteiger partial charge in [-0.1, -0.05) is 18.5 Å². The van der Waals surface area contributed by atoms with E-state index in [-0.39, 0.29) is 23.9 Å². The van der Waals surface area contributed by atoms with E-state index in [1.807, 2.05) is 11.8 Å². The van der Waals surface area contributed by atoms with Crippen molar-refractivity contribution in [2.75, 3.05) is 20.2 Å². The number of imidazole rings is 1. The summed E-state index contributed by atoms with van der Waals surface area (Å²) < 4.78 is 5.44. The number of nitrogens with one attached hydrogen (secondary N) is 2. The van der Waals surface area contributed by atoms with Crippen molar-refractivity contribution in [1.29, 1.82) is 0 Å². The molecule has 9 heteroatoms. The number of H-pyrrole nitrogens is 1. The molecule has 2 atom stereocenters. The Balaban J connectivity index is 2.02. The highest BCUT2D eigenvalue weighted by Gasteiger charge is 2.31. The molecule has 22 heavy (non-hydrogen) atoms. The van der Waals surface area contributed by atoms with Gasteiger partial charge in [0.2, 0.25) is 0 Å². The molecule has 122 valence electrons. The lowest BCUT2D eigenvalue weighted by atomic mass is 10.0. The Morgan fingerprint density at radius 1 is 1.68 bits per heavy atom. The Morgan fingerprint density at radius 3 is 2.95 bits per heavy atom. The molecule has 1 aromatic rings. The standard InChI is InChI=1S/C13H20ClN5O2S/c1-3-7-10(14)18-11(16-7)12(20)17-8-4-5-19(13(15)22)6-9(8)21-2/h8-9H,3-6H2,1-2H3,(H2,15,22)(H,16,18)(H,17,20)/t8-,9+/m1/s1. The minimum Gasteiger partial charge on any atom is -0.377 e. The van der Waals surface area contributed by atoms with E-state index in [1.165, 1.54) is 0 Å². The lowest BCUT2D eigenvalue weighted by molar-refractivity contribution is 0.0252. The van der Waals surface area contributed by atoms with Gasteiger partial charge < -0.3 is 25.7 Å². The maximum absolute atomic E-state index is 12.3. The van der Waals surface area contributed by atoms with Crippen LogP contribution in [0.4, 0.5) is 0 Å². The lowest BCUT2D eigenvalue weighted by Gasteiger charge is -2.38. The Hall–Kier alpha value is -1.38. The van der Waals surface area contributed by atoms with Crippen LogP contribution in [0.3, 0.4) is 0 Å².